The fraction of sp³-hybridized carbons (Fsp3) is 0.385. The number of imidazole rings is 1. The van der Waals surface area contributed by atoms with Gasteiger partial charge in [0.25, 0.3) is 0 Å². The fourth-order valence-electron chi connectivity index (χ4n) is 4.37. The number of nitrogens with zero attached hydrogens (tertiary/aromatic N) is 4. The number of guanidine groups is 1. The Balaban J connectivity index is 0.00000306. The quantitative estimate of drug-likeness (QED) is 0.238. The maximum Gasteiger partial charge on any atom is 0.191 e. The van der Waals surface area contributed by atoms with Crippen LogP contribution in [0.3, 0.4) is 0 Å². The highest BCUT2D eigenvalue weighted by atomic mass is 127. The summed E-state index contributed by atoms with van der Waals surface area (Å²) in [6, 6.07) is 21.8. The summed E-state index contributed by atoms with van der Waals surface area (Å²) in [5, 5.41) is 6.99. The Bertz CT molecular complexity index is 973. The van der Waals surface area contributed by atoms with Crippen molar-refractivity contribution in [3.63, 3.8) is 0 Å². The number of aromatic nitrogens is 2. The monoisotopic (exact) mass is 558 g/mol. The highest BCUT2D eigenvalue weighted by Crippen LogP contribution is 2.19. The van der Waals surface area contributed by atoms with Gasteiger partial charge in [-0.3, -0.25) is 9.89 Å². The third-order valence-corrected chi connectivity index (χ3v) is 6.09. The SMILES string of the molecule is CN=C(NCCc1nccn1Cc1ccccc1)NCC1CCCN1Cc1ccccc1.I. The predicted octanol–water partition coefficient (Wildman–Crippen LogP) is 3.92. The lowest BCUT2D eigenvalue weighted by Gasteiger charge is -2.25. The lowest BCUT2D eigenvalue weighted by atomic mass is 10.2. The number of benzene rings is 2. The van der Waals surface area contributed by atoms with E-state index in [1.807, 2.05) is 19.3 Å². The van der Waals surface area contributed by atoms with Gasteiger partial charge >= 0.3 is 0 Å². The van der Waals surface area contributed by atoms with E-state index in [9.17, 15) is 0 Å². The number of rotatable bonds is 9. The molecule has 7 heteroatoms. The van der Waals surface area contributed by atoms with Gasteiger partial charge in [0.15, 0.2) is 5.96 Å². The van der Waals surface area contributed by atoms with Crippen LogP contribution in [-0.2, 0) is 19.5 Å². The zero-order valence-electron chi connectivity index (χ0n) is 19.4. The van der Waals surface area contributed by atoms with Crippen LogP contribution in [0.15, 0.2) is 78.0 Å². The molecule has 1 aliphatic rings. The van der Waals surface area contributed by atoms with Crippen LogP contribution in [0.5, 0.6) is 0 Å². The predicted molar refractivity (Wildman–Crippen MR) is 146 cm³/mol. The van der Waals surface area contributed by atoms with Crippen LogP contribution in [0.25, 0.3) is 0 Å². The van der Waals surface area contributed by atoms with Crippen molar-refractivity contribution < 1.29 is 0 Å². The zero-order valence-corrected chi connectivity index (χ0v) is 21.7. The number of halogens is 1. The van der Waals surface area contributed by atoms with E-state index in [0.29, 0.717) is 6.04 Å². The summed E-state index contributed by atoms with van der Waals surface area (Å²) in [7, 11) is 1.84. The van der Waals surface area contributed by atoms with Gasteiger partial charge in [0.1, 0.15) is 5.82 Å². The fourth-order valence-corrected chi connectivity index (χ4v) is 4.37. The average molecular weight is 559 g/mol. The van der Waals surface area contributed by atoms with E-state index in [-0.39, 0.29) is 24.0 Å². The van der Waals surface area contributed by atoms with Crippen LogP contribution in [-0.4, -0.2) is 53.1 Å². The molecule has 0 radical (unpaired) electrons. The molecule has 1 aromatic heterocycles. The number of aliphatic imine (C=N–C) groups is 1. The van der Waals surface area contributed by atoms with E-state index in [2.05, 4.69) is 90.9 Å². The summed E-state index contributed by atoms with van der Waals surface area (Å²) in [6.07, 6.45) is 7.27. The minimum atomic E-state index is 0. The van der Waals surface area contributed by atoms with E-state index >= 15 is 0 Å². The van der Waals surface area contributed by atoms with E-state index in [0.717, 1.165) is 50.9 Å². The first-order valence-corrected chi connectivity index (χ1v) is 11.6. The van der Waals surface area contributed by atoms with Crippen molar-refractivity contribution in [3.8, 4) is 0 Å². The second-order valence-corrected chi connectivity index (χ2v) is 8.34. The molecule has 1 atom stereocenters. The second kappa shape index (κ2) is 13.3. The third kappa shape index (κ3) is 7.57. The van der Waals surface area contributed by atoms with Crippen molar-refractivity contribution in [1.29, 1.82) is 0 Å². The maximum absolute atomic E-state index is 4.55. The normalized spacial score (nSPS) is 16.4. The maximum atomic E-state index is 4.55. The van der Waals surface area contributed by atoms with Gasteiger partial charge in [0.2, 0.25) is 0 Å². The molecule has 1 aliphatic heterocycles. The van der Waals surface area contributed by atoms with E-state index in [1.54, 1.807) is 0 Å². The molecule has 2 aromatic carbocycles. The molecule has 2 heterocycles. The molecule has 4 rings (SSSR count). The van der Waals surface area contributed by atoms with Crippen LogP contribution in [0.1, 0.15) is 29.8 Å². The molecule has 176 valence electrons. The molecule has 0 amide bonds. The molecule has 6 nitrogen and oxygen atoms in total. The van der Waals surface area contributed by atoms with Crippen LogP contribution in [0, 0.1) is 0 Å². The van der Waals surface area contributed by atoms with Crippen LogP contribution < -0.4 is 10.6 Å². The first-order valence-electron chi connectivity index (χ1n) is 11.6. The Morgan fingerprint density at radius 2 is 1.70 bits per heavy atom. The Kier molecular flexibility index (Phi) is 10.2. The summed E-state index contributed by atoms with van der Waals surface area (Å²) in [5.74, 6) is 1.94. The molecule has 3 aromatic rings. The topological polar surface area (TPSA) is 57.5 Å². The molecule has 0 spiro atoms. The van der Waals surface area contributed by atoms with Gasteiger partial charge in [-0.15, -0.1) is 24.0 Å². The van der Waals surface area contributed by atoms with Crippen molar-refractivity contribution in [3.05, 3.63) is 90.0 Å². The van der Waals surface area contributed by atoms with E-state index in [1.165, 1.54) is 24.0 Å². The van der Waals surface area contributed by atoms with Crippen LogP contribution in [0.4, 0.5) is 0 Å². The van der Waals surface area contributed by atoms with Gasteiger partial charge in [-0.1, -0.05) is 60.7 Å². The lowest BCUT2D eigenvalue weighted by molar-refractivity contribution is 0.245. The third-order valence-electron chi connectivity index (χ3n) is 6.09. The molecular formula is C26H35IN6. The van der Waals surface area contributed by atoms with Gasteiger partial charge in [-0.25, -0.2) is 4.98 Å². The molecule has 1 saturated heterocycles. The molecule has 1 unspecified atom stereocenters. The van der Waals surface area contributed by atoms with Gasteiger partial charge in [-0.05, 0) is 30.5 Å². The molecular weight excluding hydrogens is 523 g/mol. The van der Waals surface area contributed by atoms with E-state index in [4.69, 9.17) is 0 Å². The van der Waals surface area contributed by atoms with Crippen molar-refractivity contribution in [1.82, 2.24) is 25.1 Å². The number of likely N-dealkylation sites (tertiary alicyclic amines) is 1. The molecule has 33 heavy (non-hydrogen) atoms. The smallest absolute Gasteiger partial charge is 0.191 e. The Morgan fingerprint density at radius 1 is 1.00 bits per heavy atom. The summed E-state index contributed by atoms with van der Waals surface area (Å²) < 4.78 is 2.22. The molecule has 0 saturated carbocycles. The first kappa shape index (κ1) is 25.2. The van der Waals surface area contributed by atoms with Gasteiger partial charge in [-0.2, -0.15) is 0 Å². The van der Waals surface area contributed by atoms with Crippen LogP contribution in [0.2, 0.25) is 0 Å². The van der Waals surface area contributed by atoms with Crippen LogP contribution >= 0.6 is 24.0 Å². The van der Waals surface area contributed by atoms with Gasteiger partial charge in [0.05, 0.1) is 0 Å². The number of hydrogen-bond acceptors (Lipinski definition) is 3. The van der Waals surface area contributed by atoms with Gasteiger partial charge < -0.3 is 15.2 Å². The summed E-state index contributed by atoms with van der Waals surface area (Å²) in [5.41, 5.74) is 2.67. The van der Waals surface area contributed by atoms with Crippen molar-refractivity contribution in [2.24, 2.45) is 4.99 Å². The second-order valence-electron chi connectivity index (χ2n) is 8.34. The lowest BCUT2D eigenvalue weighted by Crippen LogP contribution is -2.45. The summed E-state index contributed by atoms with van der Waals surface area (Å²) in [4.78, 5) is 11.5. The van der Waals surface area contributed by atoms with Crippen molar-refractivity contribution in [2.45, 2.75) is 38.4 Å². The molecule has 2 N–H and O–H groups in total. The average Bonchev–Trinajstić information content (AvgIpc) is 3.46. The highest BCUT2D eigenvalue weighted by molar-refractivity contribution is 14.0. The molecule has 0 bridgehead atoms. The Labute approximate surface area is 214 Å². The number of nitrogens with one attached hydrogen (secondary N) is 2. The zero-order chi connectivity index (χ0) is 22.0. The molecule has 1 fully saturated rings. The molecule has 0 aliphatic carbocycles. The van der Waals surface area contributed by atoms with Crippen molar-refractivity contribution in [2.75, 3.05) is 26.7 Å². The summed E-state index contributed by atoms with van der Waals surface area (Å²) >= 11 is 0. The standard InChI is InChI=1S/C26H34N6.HI/c1-27-26(30-19-24-13-8-17-31(24)20-22-9-4-2-5-10-22)29-15-14-25-28-16-18-32(25)21-23-11-6-3-7-12-23;/h2-7,9-12,16,18,24H,8,13-15,17,19-21H2,1H3,(H2,27,29,30);1H. The first-order chi connectivity index (χ1) is 15.8. The van der Waals surface area contributed by atoms with Crippen molar-refractivity contribution >= 4 is 29.9 Å². The minimum absolute atomic E-state index is 0. The Morgan fingerprint density at radius 3 is 2.39 bits per heavy atom. The highest BCUT2D eigenvalue weighted by Gasteiger charge is 2.24. The number of hydrogen-bond donors (Lipinski definition) is 2. The summed E-state index contributed by atoms with van der Waals surface area (Å²) in [6.45, 7) is 4.74. The van der Waals surface area contributed by atoms with Gasteiger partial charge in [0, 0.05) is 58.1 Å². The largest absolute Gasteiger partial charge is 0.356 e. The Hall–Kier alpha value is -2.39. The van der Waals surface area contributed by atoms with E-state index < -0.39 is 0 Å². The minimum Gasteiger partial charge on any atom is -0.356 e.